The number of ether oxygens (including phenoxy) is 1. The zero-order valence-corrected chi connectivity index (χ0v) is 12.4. The maximum atomic E-state index is 12.2. The van der Waals surface area contributed by atoms with Crippen molar-refractivity contribution in [3.05, 3.63) is 57.5 Å². The fraction of sp³-hybridized carbons (Fsp3) is 0.200. The first-order valence-corrected chi connectivity index (χ1v) is 6.75. The minimum Gasteiger partial charge on any atom is -0.502 e. The van der Waals surface area contributed by atoms with Crippen molar-refractivity contribution >= 4 is 11.6 Å². The van der Waals surface area contributed by atoms with Gasteiger partial charge in [-0.05, 0) is 19.9 Å². The Kier molecular flexibility index (Phi) is 3.57. The van der Waals surface area contributed by atoms with Crippen molar-refractivity contribution < 1.29 is 19.1 Å². The van der Waals surface area contributed by atoms with Gasteiger partial charge in [0.05, 0.1) is 6.20 Å². The highest BCUT2D eigenvalue weighted by atomic mass is 16.5. The van der Waals surface area contributed by atoms with Gasteiger partial charge in [0.1, 0.15) is 24.2 Å². The van der Waals surface area contributed by atoms with Crippen molar-refractivity contribution in [3.8, 4) is 5.75 Å². The molecule has 1 N–H and O–H groups in total. The average Bonchev–Trinajstić information content (AvgIpc) is 2.92. The molecule has 0 spiro atoms. The van der Waals surface area contributed by atoms with Gasteiger partial charge >= 0.3 is 5.97 Å². The molecule has 3 aromatic rings. The largest absolute Gasteiger partial charge is 0.502 e. The van der Waals surface area contributed by atoms with Gasteiger partial charge in [-0.2, -0.15) is 5.10 Å². The second-order valence-electron chi connectivity index (χ2n) is 5.00. The van der Waals surface area contributed by atoms with Crippen LogP contribution in [0.5, 0.6) is 5.75 Å². The van der Waals surface area contributed by atoms with E-state index in [1.165, 1.54) is 6.20 Å². The Bertz CT molecular complexity index is 957. The van der Waals surface area contributed by atoms with E-state index in [-0.39, 0.29) is 17.9 Å². The normalized spacial score (nSPS) is 10.9. The number of aryl methyl sites for hydroxylation is 2. The number of nitrogens with zero attached hydrogens (tertiary/aromatic N) is 3. The molecule has 0 aromatic carbocycles. The van der Waals surface area contributed by atoms with Crippen LogP contribution in [-0.4, -0.2) is 25.7 Å². The van der Waals surface area contributed by atoms with E-state index in [1.54, 1.807) is 4.52 Å². The lowest BCUT2D eigenvalue weighted by atomic mass is 10.3. The first-order chi connectivity index (χ1) is 11.0. The van der Waals surface area contributed by atoms with Crippen LogP contribution in [0.1, 0.15) is 27.5 Å². The average molecular weight is 315 g/mol. The van der Waals surface area contributed by atoms with Crippen molar-refractivity contribution in [2.75, 3.05) is 0 Å². The van der Waals surface area contributed by atoms with E-state index in [9.17, 15) is 9.59 Å². The third-order valence-electron chi connectivity index (χ3n) is 3.21. The topological polar surface area (TPSA) is 107 Å². The van der Waals surface area contributed by atoms with Crippen molar-refractivity contribution in [2.24, 2.45) is 0 Å². The quantitative estimate of drug-likeness (QED) is 0.727. The molecule has 0 saturated carbocycles. The van der Waals surface area contributed by atoms with Crippen LogP contribution in [0.15, 0.2) is 33.8 Å². The SMILES string of the molecule is Cc1cc(C)n2ncc(C(=O)OCc3cc(=O)c(O)co3)c2n1. The summed E-state index contributed by atoms with van der Waals surface area (Å²) < 4.78 is 11.6. The number of fused-ring (bicyclic) bond motifs is 1. The lowest BCUT2D eigenvalue weighted by Gasteiger charge is -2.04. The highest BCUT2D eigenvalue weighted by Gasteiger charge is 2.17. The van der Waals surface area contributed by atoms with E-state index in [2.05, 4.69) is 10.1 Å². The van der Waals surface area contributed by atoms with Crippen LogP contribution in [-0.2, 0) is 11.3 Å². The van der Waals surface area contributed by atoms with Crippen LogP contribution in [0.3, 0.4) is 0 Å². The summed E-state index contributed by atoms with van der Waals surface area (Å²) >= 11 is 0. The lowest BCUT2D eigenvalue weighted by Crippen LogP contribution is -2.08. The van der Waals surface area contributed by atoms with Crippen LogP contribution < -0.4 is 5.43 Å². The van der Waals surface area contributed by atoms with Crippen molar-refractivity contribution in [1.29, 1.82) is 0 Å². The summed E-state index contributed by atoms with van der Waals surface area (Å²) in [6, 6.07) is 2.91. The molecule has 0 amide bonds. The molecule has 3 heterocycles. The van der Waals surface area contributed by atoms with Gasteiger partial charge in [-0.3, -0.25) is 4.79 Å². The predicted octanol–water partition coefficient (Wildman–Crippen LogP) is 1.36. The fourth-order valence-electron chi connectivity index (χ4n) is 2.15. The Balaban J connectivity index is 1.83. The number of aromatic nitrogens is 3. The number of carbonyl (C=O) groups is 1. The summed E-state index contributed by atoms with van der Waals surface area (Å²) in [4.78, 5) is 27.8. The summed E-state index contributed by atoms with van der Waals surface area (Å²) in [5.41, 5.74) is 1.62. The Hall–Kier alpha value is -3.16. The van der Waals surface area contributed by atoms with Gasteiger partial charge in [0.2, 0.25) is 5.43 Å². The predicted molar refractivity (Wildman–Crippen MR) is 78.2 cm³/mol. The first-order valence-electron chi connectivity index (χ1n) is 6.75. The maximum Gasteiger partial charge on any atom is 0.344 e. The van der Waals surface area contributed by atoms with Crippen molar-refractivity contribution in [3.63, 3.8) is 0 Å². The molecular weight excluding hydrogens is 302 g/mol. The molecule has 3 aromatic heterocycles. The monoisotopic (exact) mass is 315 g/mol. The summed E-state index contributed by atoms with van der Waals surface area (Å²) in [7, 11) is 0. The van der Waals surface area contributed by atoms with Gasteiger partial charge in [0.25, 0.3) is 0 Å². The number of rotatable bonds is 3. The number of esters is 1. The van der Waals surface area contributed by atoms with Crippen LogP contribution >= 0.6 is 0 Å². The molecule has 0 aliphatic carbocycles. The molecule has 3 rings (SSSR count). The van der Waals surface area contributed by atoms with Crippen molar-refractivity contribution in [1.82, 2.24) is 14.6 Å². The molecule has 0 unspecified atom stereocenters. The van der Waals surface area contributed by atoms with Gasteiger partial charge in [-0.1, -0.05) is 0 Å². The third-order valence-corrected chi connectivity index (χ3v) is 3.21. The van der Waals surface area contributed by atoms with Crippen molar-refractivity contribution in [2.45, 2.75) is 20.5 Å². The van der Waals surface area contributed by atoms with E-state index >= 15 is 0 Å². The standard InChI is InChI=1S/C15H13N3O5/c1-8-3-9(2)18-14(17-8)11(5-16-18)15(21)23-6-10-4-12(19)13(20)7-22-10/h3-5,7,20H,6H2,1-2H3. The minimum absolute atomic E-state index is 0.123. The van der Waals surface area contributed by atoms with Gasteiger partial charge in [-0.15, -0.1) is 0 Å². The third kappa shape index (κ3) is 2.78. The second kappa shape index (κ2) is 5.56. The fourth-order valence-corrected chi connectivity index (χ4v) is 2.15. The highest BCUT2D eigenvalue weighted by molar-refractivity contribution is 5.95. The highest BCUT2D eigenvalue weighted by Crippen LogP contribution is 2.14. The van der Waals surface area contributed by atoms with Crippen LogP contribution in [0.25, 0.3) is 5.65 Å². The lowest BCUT2D eigenvalue weighted by molar-refractivity contribution is 0.0445. The van der Waals surface area contributed by atoms with Crippen LogP contribution in [0.2, 0.25) is 0 Å². The second-order valence-corrected chi connectivity index (χ2v) is 5.00. The number of hydrogen-bond donors (Lipinski definition) is 1. The molecule has 0 bridgehead atoms. The molecular formula is C15H13N3O5. The van der Waals surface area contributed by atoms with E-state index in [0.717, 1.165) is 23.7 Å². The zero-order valence-electron chi connectivity index (χ0n) is 12.4. The molecule has 0 aliphatic heterocycles. The van der Waals surface area contributed by atoms with Gasteiger partial charge in [0, 0.05) is 17.5 Å². The molecule has 118 valence electrons. The number of hydrogen-bond acceptors (Lipinski definition) is 7. The van der Waals surface area contributed by atoms with Gasteiger partial charge < -0.3 is 14.3 Å². The molecule has 0 saturated heterocycles. The Morgan fingerprint density at radius 2 is 2.17 bits per heavy atom. The summed E-state index contributed by atoms with van der Waals surface area (Å²) in [6.07, 6.45) is 2.28. The minimum atomic E-state index is -0.631. The van der Waals surface area contributed by atoms with Crippen LogP contribution in [0.4, 0.5) is 0 Å². The smallest absolute Gasteiger partial charge is 0.344 e. The Morgan fingerprint density at radius 1 is 1.39 bits per heavy atom. The summed E-state index contributed by atoms with van der Waals surface area (Å²) in [6.45, 7) is 3.44. The van der Waals surface area contributed by atoms with E-state index < -0.39 is 17.1 Å². The van der Waals surface area contributed by atoms with E-state index in [0.29, 0.717) is 5.65 Å². The summed E-state index contributed by atoms with van der Waals surface area (Å²) in [5.74, 6) is -1.01. The van der Waals surface area contributed by atoms with Gasteiger partial charge in [-0.25, -0.2) is 14.3 Å². The number of aromatic hydroxyl groups is 1. The van der Waals surface area contributed by atoms with E-state index in [4.69, 9.17) is 14.3 Å². The molecule has 0 radical (unpaired) electrons. The Morgan fingerprint density at radius 3 is 2.91 bits per heavy atom. The van der Waals surface area contributed by atoms with Gasteiger partial charge in [0.15, 0.2) is 11.4 Å². The molecule has 23 heavy (non-hydrogen) atoms. The Labute approximate surface area is 130 Å². The zero-order chi connectivity index (χ0) is 16.6. The summed E-state index contributed by atoms with van der Waals surface area (Å²) in [5, 5.41) is 13.2. The molecule has 0 fully saturated rings. The van der Waals surface area contributed by atoms with Crippen LogP contribution in [0, 0.1) is 13.8 Å². The maximum absolute atomic E-state index is 12.2. The molecule has 8 heteroatoms. The number of carbonyl (C=O) groups excluding carboxylic acids is 1. The molecule has 8 nitrogen and oxygen atoms in total. The van der Waals surface area contributed by atoms with E-state index in [1.807, 2.05) is 19.9 Å². The molecule has 0 atom stereocenters. The first kappa shape index (κ1) is 14.8. The molecule has 0 aliphatic rings.